The summed E-state index contributed by atoms with van der Waals surface area (Å²) in [7, 11) is 0. The Morgan fingerprint density at radius 1 is 1.00 bits per heavy atom. The van der Waals surface area contributed by atoms with Crippen LogP contribution in [0.3, 0.4) is 0 Å². The van der Waals surface area contributed by atoms with Gasteiger partial charge in [0, 0.05) is 0 Å². The molecule has 0 bridgehead atoms. The van der Waals surface area contributed by atoms with E-state index in [1.807, 2.05) is 0 Å². The SMILES string of the molecule is CC1(c2ccc(C(F)(F)F)cc2)CC=CC1. The number of hydrogen-bond acceptors (Lipinski definition) is 0. The summed E-state index contributed by atoms with van der Waals surface area (Å²) >= 11 is 0. The van der Waals surface area contributed by atoms with Gasteiger partial charge in [0.25, 0.3) is 0 Å². The molecule has 1 aromatic carbocycles. The predicted octanol–water partition coefficient (Wildman–Crippen LogP) is 4.31. The van der Waals surface area contributed by atoms with E-state index in [1.165, 1.54) is 12.1 Å². The summed E-state index contributed by atoms with van der Waals surface area (Å²) in [5.74, 6) is 0. The third-order valence-corrected chi connectivity index (χ3v) is 3.21. The van der Waals surface area contributed by atoms with Crippen molar-refractivity contribution in [3.63, 3.8) is 0 Å². The topological polar surface area (TPSA) is 0 Å². The first kappa shape index (κ1) is 11.2. The van der Waals surface area contributed by atoms with Gasteiger partial charge in [0.15, 0.2) is 0 Å². The van der Waals surface area contributed by atoms with Crippen molar-refractivity contribution in [3.05, 3.63) is 47.5 Å². The monoisotopic (exact) mass is 226 g/mol. The highest BCUT2D eigenvalue weighted by atomic mass is 19.4. The number of hydrogen-bond donors (Lipinski definition) is 0. The molecule has 3 heteroatoms. The van der Waals surface area contributed by atoms with Gasteiger partial charge >= 0.3 is 6.18 Å². The number of allylic oxidation sites excluding steroid dienone is 2. The molecule has 0 heterocycles. The van der Waals surface area contributed by atoms with Gasteiger partial charge in [-0.15, -0.1) is 0 Å². The first-order valence-corrected chi connectivity index (χ1v) is 5.25. The second kappa shape index (κ2) is 3.65. The van der Waals surface area contributed by atoms with Gasteiger partial charge in [-0.05, 0) is 36.0 Å². The van der Waals surface area contributed by atoms with Crippen molar-refractivity contribution in [1.82, 2.24) is 0 Å². The van der Waals surface area contributed by atoms with E-state index in [9.17, 15) is 13.2 Å². The van der Waals surface area contributed by atoms with Crippen LogP contribution in [-0.4, -0.2) is 0 Å². The van der Waals surface area contributed by atoms with Gasteiger partial charge in [0.2, 0.25) is 0 Å². The minimum absolute atomic E-state index is 0.0237. The van der Waals surface area contributed by atoms with Gasteiger partial charge in [-0.3, -0.25) is 0 Å². The molecule has 86 valence electrons. The lowest BCUT2D eigenvalue weighted by molar-refractivity contribution is -0.137. The molecular weight excluding hydrogens is 213 g/mol. The van der Waals surface area contributed by atoms with Crippen molar-refractivity contribution >= 4 is 0 Å². The fourth-order valence-corrected chi connectivity index (χ4v) is 2.07. The van der Waals surface area contributed by atoms with Crippen LogP contribution in [0.5, 0.6) is 0 Å². The minimum atomic E-state index is -4.24. The summed E-state index contributed by atoms with van der Waals surface area (Å²) in [5.41, 5.74) is 0.376. The molecule has 0 atom stereocenters. The Labute approximate surface area is 92.8 Å². The number of rotatable bonds is 1. The van der Waals surface area contributed by atoms with Crippen LogP contribution in [0.1, 0.15) is 30.9 Å². The Morgan fingerprint density at radius 3 is 1.94 bits per heavy atom. The molecule has 0 aromatic heterocycles. The van der Waals surface area contributed by atoms with Gasteiger partial charge in [0.05, 0.1) is 5.56 Å². The Balaban J connectivity index is 2.26. The van der Waals surface area contributed by atoms with E-state index in [-0.39, 0.29) is 5.41 Å². The smallest absolute Gasteiger partial charge is 0.166 e. The largest absolute Gasteiger partial charge is 0.416 e. The van der Waals surface area contributed by atoms with Crippen LogP contribution in [0.2, 0.25) is 0 Å². The average molecular weight is 226 g/mol. The summed E-state index contributed by atoms with van der Waals surface area (Å²) in [6, 6.07) is 5.52. The molecular formula is C13H13F3. The van der Waals surface area contributed by atoms with Gasteiger partial charge in [0.1, 0.15) is 0 Å². The molecule has 1 aliphatic rings. The maximum atomic E-state index is 12.4. The zero-order chi connectivity index (χ0) is 11.8. The Kier molecular flexibility index (Phi) is 2.56. The summed E-state index contributed by atoms with van der Waals surface area (Å²) in [6.07, 6.45) is 1.72. The molecule has 0 nitrogen and oxygen atoms in total. The molecule has 1 aromatic rings. The zero-order valence-corrected chi connectivity index (χ0v) is 9.01. The van der Waals surface area contributed by atoms with Crippen LogP contribution < -0.4 is 0 Å². The van der Waals surface area contributed by atoms with Crippen LogP contribution >= 0.6 is 0 Å². The zero-order valence-electron chi connectivity index (χ0n) is 9.01. The van der Waals surface area contributed by atoms with E-state index in [1.54, 1.807) is 12.1 Å². The van der Waals surface area contributed by atoms with Crippen LogP contribution in [0.15, 0.2) is 36.4 Å². The molecule has 0 unspecified atom stereocenters. The third kappa shape index (κ3) is 1.99. The molecule has 0 aliphatic heterocycles. The highest BCUT2D eigenvalue weighted by Gasteiger charge is 2.32. The van der Waals surface area contributed by atoms with Crippen molar-refractivity contribution in [3.8, 4) is 0 Å². The highest BCUT2D eigenvalue weighted by molar-refractivity contribution is 5.32. The molecule has 0 fully saturated rings. The van der Waals surface area contributed by atoms with Gasteiger partial charge < -0.3 is 0 Å². The van der Waals surface area contributed by atoms with E-state index in [0.29, 0.717) is 0 Å². The van der Waals surface area contributed by atoms with E-state index < -0.39 is 11.7 Å². The molecule has 2 rings (SSSR count). The minimum Gasteiger partial charge on any atom is -0.166 e. The van der Waals surface area contributed by atoms with Crippen molar-refractivity contribution < 1.29 is 13.2 Å². The van der Waals surface area contributed by atoms with E-state index in [2.05, 4.69) is 19.1 Å². The molecule has 16 heavy (non-hydrogen) atoms. The molecule has 1 aliphatic carbocycles. The third-order valence-electron chi connectivity index (χ3n) is 3.21. The van der Waals surface area contributed by atoms with Crippen molar-refractivity contribution in [2.75, 3.05) is 0 Å². The molecule has 0 spiro atoms. The highest BCUT2D eigenvalue weighted by Crippen LogP contribution is 2.38. The quantitative estimate of drug-likeness (QED) is 0.626. The molecule has 0 saturated heterocycles. The normalized spacial score (nSPS) is 19.0. The van der Waals surface area contributed by atoms with Crippen LogP contribution in [0, 0.1) is 0 Å². The first-order valence-electron chi connectivity index (χ1n) is 5.25. The first-order chi connectivity index (χ1) is 7.42. The Hall–Kier alpha value is -1.25. The molecule has 0 radical (unpaired) electrons. The average Bonchev–Trinajstić information content (AvgIpc) is 2.66. The summed E-state index contributed by atoms with van der Waals surface area (Å²) in [6.45, 7) is 2.08. The van der Waals surface area contributed by atoms with Crippen molar-refractivity contribution in [1.29, 1.82) is 0 Å². The fourth-order valence-electron chi connectivity index (χ4n) is 2.07. The van der Waals surface area contributed by atoms with Crippen molar-refractivity contribution in [2.24, 2.45) is 0 Å². The second-order valence-corrected chi connectivity index (χ2v) is 4.52. The van der Waals surface area contributed by atoms with Crippen LogP contribution in [0.4, 0.5) is 13.2 Å². The maximum absolute atomic E-state index is 12.4. The summed E-state index contributed by atoms with van der Waals surface area (Å²) < 4.78 is 37.1. The summed E-state index contributed by atoms with van der Waals surface area (Å²) in [4.78, 5) is 0. The van der Waals surface area contributed by atoms with E-state index in [0.717, 1.165) is 18.4 Å². The number of halogens is 3. The molecule has 0 N–H and O–H groups in total. The predicted molar refractivity (Wildman–Crippen MR) is 57.2 cm³/mol. The van der Waals surface area contributed by atoms with Crippen LogP contribution in [0.25, 0.3) is 0 Å². The lowest BCUT2D eigenvalue weighted by atomic mass is 9.80. The molecule has 0 saturated carbocycles. The second-order valence-electron chi connectivity index (χ2n) is 4.52. The van der Waals surface area contributed by atoms with Crippen molar-refractivity contribution in [2.45, 2.75) is 31.4 Å². The Bertz CT molecular complexity index is 390. The van der Waals surface area contributed by atoms with Gasteiger partial charge in [-0.2, -0.15) is 13.2 Å². The van der Waals surface area contributed by atoms with Crippen LogP contribution in [-0.2, 0) is 11.6 Å². The lowest BCUT2D eigenvalue weighted by Gasteiger charge is -2.24. The fraction of sp³-hybridized carbons (Fsp3) is 0.385. The lowest BCUT2D eigenvalue weighted by Crippen LogP contribution is -2.17. The van der Waals surface area contributed by atoms with E-state index >= 15 is 0 Å². The van der Waals surface area contributed by atoms with E-state index in [4.69, 9.17) is 0 Å². The maximum Gasteiger partial charge on any atom is 0.416 e. The summed E-state index contributed by atoms with van der Waals surface area (Å²) in [5, 5.41) is 0. The number of alkyl halides is 3. The number of benzene rings is 1. The van der Waals surface area contributed by atoms with Gasteiger partial charge in [-0.25, -0.2) is 0 Å². The standard InChI is InChI=1S/C13H13F3/c1-12(8-2-3-9-12)10-4-6-11(7-5-10)13(14,15)16/h2-7H,8-9H2,1H3. The molecule has 0 amide bonds. The van der Waals surface area contributed by atoms with Gasteiger partial charge in [-0.1, -0.05) is 31.2 Å². The Morgan fingerprint density at radius 2 is 1.50 bits per heavy atom.